The molecule has 0 aliphatic carbocycles. The van der Waals surface area contributed by atoms with Crippen LogP contribution in [0.15, 0.2) is 17.0 Å². The van der Waals surface area contributed by atoms with Crippen LogP contribution in [-0.4, -0.2) is 43.8 Å². The van der Waals surface area contributed by atoms with Crippen molar-refractivity contribution in [1.29, 1.82) is 0 Å². The first kappa shape index (κ1) is 7.61. The maximum atomic E-state index is 4.32. The Morgan fingerprint density at radius 1 is 1.33 bits per heavy atom. The highest BCUT2D eigenvalue weighted by molar-refractivity contribution is 5.62. The molecule has 4 heteroatoms. The van der Waals surface area contributed by atoms with Gasteiger partial charge in [0.2, 0.25) is 0 Å². The number of hydrogen-bond acceptors (Lipinski definition) is 4. The number of aliphatic imine (C=N–C) groups is 1. The molecule has 1 fully saturated rings. The van der Waals surface area contributed by atoms with Crippen LogP contribution in [0.1, 0.15) is 0 Å². The van der Waals surface area contributed by atoms with E-state index < -0.39 is 0 Å². The monoisotopic (exact) mass is 166 g/mol. The van der Waals surface area contributed by atoms with Gasteiger partial charge in [-0.05, 0) is 0 Å². The van der Waals surface area contributed by atoms with Gasteiger partial charge in [0.1, 0.15) is 5.82 Å². The fourth-order valence-electron chi connectivity index (χ4n) is 1.45. The summed E-state index contributed by atoms with van der Waals surface area (Å²) in [4.78, 5) is 6.62. The molecule has 0 aromatic carbocycles. The van der Waals surface area contributed by atoms with Crippen molar-refractivity contribution in [3.05, 3.63) is 12.0 Å². The minimum Gasteiger partial charge on any atom is -0.383 e. The summed E-state index contributed by atoms with van der Waals surface area (Å²) in [5, 5.41) is 6.47. The van der Waals surface area contributed by atoms with Crippen LogP contribution in [0.3, 0.4) is 0 Å². The fourth-order valence-corrected chi connectivity index (χ4v) is 1.45. The van der Waals surface area contributed by atoms with Gasteiger partial charge in [-0.1, -0.05) is 0 Å². The third-order valence-corrected chi connectivity index (χ3v) is 2.10. The molecule has 0 radical (unpaired) electrons. The lowest BCUT2D eigenvalue weighted by Gasteiger charge is -2.30. The molecular weight excluding hydrogens is 152 g/mol. The number of nitrogens with one attached hydrogen (secondary N) is 2. The zero-order valence-electron chi connectivity index (χ0n) is 7.08. The largest absolute Gasteiger partial charge is 0.383 e. The zero-order valence-corrected chi connectivity index (χ0v) is 7.08. The van der Waals surface area contributed by atoms with Gasteiger partial charge in [0, 0.05) is 45.1 Å². The van der Waals surface area contributed by atoms with E-state index >= 15 is 0 Å². The minimum absolute atomic E-state index is 0.857. The second kappa shape index (κ2) is 3.58. The average Bonchev–Trinajstić information content (AvgIpc) is 2.21. The van der Waals surface area contributed by atoms with Gasteiger partial charge in [-0.15, -0.1) is 0 Å². The number of nitrogens with zero attached hydrogens (tertiary/aromatic N) is 2. The average molecular weight is 166 g/mol. The van der Waals surface area contributed by atoms with Crippen LogP contribution < -0.4 is 10.6 Å². The molecule has 0 spiro atoms. The molecule has 66 valence electrons. The third kappa shape index (κ3) is 1.58. The molecule has 0 aromatic heterocycles. The van der Waals surface area contributed by atoms with E-state index in [0.29, 0.717) is 0 Å². The van der Waals surface area contributed by atoms with E-state index in [1.165, 1.54) is 0 Å². The summed E-state index contributed by atoms with van der Waals surface area (Å²) in [6.07, 6.45) is 3.91. The lowest BCUT2D eigenvalue weighted by molar-refractivity contribution is 0.295. The van der Waals surface area contributed by atoms with Crippen LogP contribution in [-0.2, 0) is 0 Å². The topological polar surface area (TPSA) is 39.7 Å². The van der Waals surface area contributed by atoms with Gasteiger partial charge in [0.05, 0.1) is 0 Å². The lowest BCUT2D eigenvalue weighted by Crippen LogP contribution is -2.43. The van der Waals surface area contributed by atoms with E-state index in [-0.39, 0.29) is 0 Å². The standard InChI is InChI=1S/C8H14N4/c1-2-11-8(7-10-1)12-5-3-9-4-6-12/h2,7,9-10H,1,3-6H2. The predicted octanol–water partition coefficient (Wildman–Crippen LogP) is -0.635. The summed E-state index contributed by atoms with van der Waals surface area (Å²) < 4.78 is 0. The molecule has 0 unspecified atom stereocenters. The van der Waals surface area contributed by atoms with Crippen LogP contribution in [0.25, 0.3) is 0 Å². The maximum Gasteiger partial charge on any atom is 0.144 e. The second-order valence-corrected chi connectivity index (χ2v) is 2.96. The summed E-state index contributed by atoms with van der Waals surface area (Å²) >= 11 is 0. The number of hydrogen-bond donors (Lipinski definition) is 2. The maximum absolute atomic E-state index is 4.32. The quantitative estimate of drug-likeness (QED) is 0.544. The van der Waals surface area contributed by atoms with Crippen molar-refractivity contribution >= 4 is 6.21 Å². The first-order valence-corrected chi connectivity index (χ1v) is 4.38. The molecule has 0 aromatic rings. The van der Waals surface area contributed by atoms with Gasteiger partial charge in [-0.3, -0.25) is 0 Å². The molecule has 2 rings (SSSR count). The minimum atomic E-state index is 0.857. The highest BCUT2D eigenvalue weighted by atomic mass is 15.3. The van der Waals surface area contributed by atoms with Crippen LogP contribution in [0, 0.1) is 0 Å². The molecule has 0 amide bonds. The van der Waals surface area contributed by atoms with Crippen molar-refractivity contribution in [2.45, 2.75) is 0 Å². The molecule has 2 aliphatic heterocycles. The van der Waals surface area contributed by atoms with Gasteiger partial charge in [0.25, 0.3) is 0 Å². The Morgan fingerprint density at radius 2 is 2.17 bits per heavy atom. The Labute approximate surface area is 72.3 Å². The van der Waals surface area contributed by atoms with Gasteiger partial charge >= 0.3 is 0 Å². The SMILES string of the molecule is C1=NC(N2CCNCC2)=CNC1. The van der Waals surface area contributed by atoms with E-state index in [0.717, 1.165) is 38.5 Å². The van der Waals surface area contributed by atoms with E-state index in [4.69, 9.17) is 0 Å². The first-order valence-electron chi connectivity index (χ1n) is 4.38. The molecule has 2 aliphatic rings. The smallest absolute Gasteiger partial charge is 0.144 e. The summed E-state index contributed by atoms with van der Waals surface area (Å²) in [7, 11) is 0. The third-order valence-electron chi connectivity index (χ3n) is 2.10. The Morgan fingerprint density at radius 3 is 2.83 bits per heavy atom. The van der Waals surface area contributed by atoms with Crippen LogP contribution in [0.5, 0.6) is 0 Å². The highest BCUT2D eigenvalue weighted by Gasteiger charge is 2.12. The Balaban J connectivity index is 1.97. The van der Waals surface area contributed by atoms with Crippen LogP contribution in [0.2, 0.25) is 0 Å². The molecule has 4 nitrogen and oxygen atoms in total. The fraction of sp³-hybridized carbons (Fsp3) is 0.625. The molecule has 0 atom stereocenters. The van der Waals surface area contributed by atoms with E-state index in [9.17, 15) is 0 Å². The number of piperazine rings is 1. The molecule has 1 saturated heterocycles. The van der Waals surface area contributed by atoms with Crippen LogP contribution >= 0.6 is 0 Å². The summed E-state index contributed by atoms with van der Waals surface area (Å²) in [5.74, 6) is 1.07. The number of rotatable bonds is 1. The van der Waals surface area contributed by atoms with Gasteiger partial charge in [0.15, 0.2) is 0 Å². The van der Waals surface area contributed by atoms with E-state index in [1.54, 1.807) is 0 Å². The molecule has 12 heavy (non-hydrogen) atoms. The summed E-state index contributed by atoms with van der Waals surface area (Å²) in [6.45, 7) is 5.10. The van der Waals surface area contributed by atoms with Gasteiger partial charge < -0.3 is 15.5 Å². The van der Waals surface area contributed by atoms with Gasteiger partial charge in [-0.2, -0.15) is 0 Å². The molecule has 0 saturated carbocycles. The zero-order chi connectivity index (χ0) is 8.23. The molecular formula is C8H14N4. The first-order chi connectivity index (χ1) is 5.97. The second-order valence-electron chi connectivity index (χ2n) is 2.96. The van der Waals surface area contributed by atoms with Crippen molar-refractivity contribution in [2.24, 2.45) is 4.99 Å². The van der Waals surface area contributed by atoms with Gasteiger partial charge in [-0.25, -0.2) is 4.99 Å². The Kier molecular flexibility index (Phi) is 2.27. The van der Waals surface area contributed by atoms with Crippen molar-refractivity contribution < 1.29 is 0 Å². The highest BCUT2D eigenvalue weighted by Crippen LogP contribution is 2.06. The Bertz CT molecular complexity index is 203. The van der Waals surface area contributed by atoms with E-state index in [2.05, 4.69) is 20.5 Å². The molecule has 2 N–H and O–H groups in total. The predicted molar refractivity (Wildman–Crippen MR) is 49.0 cm³/mol. The summed E-state index contributed by atoms with van der Waals surface area (Å²) in [5.41, 5.74) is 0. The Hall–Kier alpha value is -1.03. The lowest BCUT2D eigenvalue weighted by atomic mass is 10.3. The van der Waals surface area contributed by atoms with Crippen molar-refractivity contribution in [3.63, 3.8) is 0 Å². The van der Waals surface area contributed by atoms with E-state index in [1.807, 2.05) is 12.4 Å². The van der Waals surface area contributed by atoms with Crippen molar-refractivity contribution in [3.8, 4) is 0 Å². The molecule has 2 heterocycles. The van der Waals surface area contributed by atoms with Crippen molar-refractivity contribution in [1.82, 2.24) is 15.5 Å². The van der Waals surface area contributed by atoms with Crippen LogP contribution in [0.4, 0.5) is 0 Å². The molecule has 0 bridgehead atoms. The summed E-state index contributed by atoms with van der Waals surface area (Å²) in [6, 6.07) is 0. The normalized spacial score (nSPS) is 23.3. The van der Waals surface area contributed by atoms with Crippen molar-refractivity contribution in [2.75, 3.05) is 32.7 Å².